The molecule has 0 saturated heterocycles. The minimum atomic E-state index is -3.82. The summed E-state index contributed by atoms with van der Waals surface area (Å²) in [4.78, 5) is 28.4. The number of sulfonamides is 1. The number of thiophene rings is 1. The lowest BCUT2D eigenvalue weighted by Gasteiger charge is -2.04. The average molecular weight is 466 g/mol. The van der Waals surface area contributed by atoms with Crippen molar-refractivity contribution in [1.29, 1.82) is 0 Å². The number of carbonyl (C=O) groups is 2. The molecule has 2 heterocycles. The van der Waals surface area contributed by atoms with Crippen molar-refractivity contribution in [3.05, 3.63) is 64.0 Å². The number of nitrogens with one attached hydrogen (secondary N) is 2. The highest BCUT2D eigenvalue weighted by molar-refractivity contribution is 7.94. The van der Waals surface area contributed by atoms with Crippen LogP contribution in [-0.2, 0) is 32.5 Å². The molecule has 8 nitrogen and oxygen atoms in total. The molecule has 0 saturated carbocycles. The van der Waals surface area contributed by atoms with Gasteiger partial charge in [0.15, 0.2) is 5.13 Å². The number of ether oxygens (including phenoxy) is 1. The normalized spacial score (nSPS) is 11.1. The molecule has 0 unspecified atom stereocenters. The highest BCUT2D eigenvalue weighted by Gasteiger charge is 2.19. The summed E-state index contributed by atoms with van der Waals surface area (Å²) in [6.45, 7) is 2.20. The molecule has 158 valence electrons. The maximum absolute atomic E-state index is 12.6. The second kappa shape index (κ2) is 9.83. The van der Waals surface area contributed by atoms with E-state index in [1.807, 2.05) is 6.07 Å². The van der Waals surface area contributed by atoms with E-state index in [-0.39, 0.29) is 34.8 Å². The summed E-state index contributed by atoms with van der Waals surface area (Å²) in [5.74, 6) is -0.652. The van der Waals surface area contributed by atoms with Gasteiger partial charge in [0.05, 0.1) is 25.3 Å². The number of hydrogen-bond acceptors (Lipinski definition) is 8. The molecule has 0 bridgehead atoms. The first-order valence-corrected chi connectivity index (χ1v) is 12.1. The van der Waals surface area contributed by atoms with Crippen LogP contribution in [0.1, 0.15) is 27.9 Å². The summed E-state index contributed by atoms with van der Waals surface area (Å²) in [5.41, 5.74) is 0.970. The van der Waals surface area contributed by atoms with Crippen LogP contribution in [0.5, 0.6) is 0 Å². The number of nitrogens with zero attached hydrogens (tertiary/aromatic N) is 1. The highest BCUT2D eigenvalue weighted by atomic mass is 32.2. The Kier molecular flexibility index (Phi) is 7.19. The lowest BCUT2D eigenvalue weighted by molar-refractivity contribution is -0.142. The molecule has 2 N–H and O–H groups in total. The maximum Gasteiger partial charge on any atom is 0.311 e. The first-order valence-electron chi connectivity index (χ1n) is 8.92. The Morgan fingerprint density at radius 3 is 2.63 bits per heavy atom. The Balaban J connectivity index is 1.59. The molecule has 0 aliphatic carbocycles. The molecular weight excluding hydrogens is 446 g/mol. The smallest absolute Gasteiger partial charge is 0.311 e. The van der Waals surface area contributed by atoms with Gasteiger partial charge in [0.2, 0.25) is 0 Å². The van der Waals surface area contributed by atoms with Crippen molar-refractivity contribution in [1.82, 2.24) is 10.3 Å². The van der Waals surface area contributed by atoms with Crippen molar-refractivity contribution in [2.75, 3.05) is 11.3 Å². The fourth-order valence-electron chi connectivity index (χ4n) is 2.42. The number of thiazole rings is 1. The molecule has 0 atom stereocenters. The zero-order valence-corrected chi connectivity index (χ0v) is 18.4. The van der Waals surface area contributed by atoms with E-state index in [4.69, 9.17) is 4.74 Å². The van der Waals surface area contributed by atoms with Crippen LogP contribution in [0.25, 0.3) is 0 Å². The summed E-state index contributed by atoms with van der Waals surface area (Å²) < 4.78 is 32.6. The largest absolute Gasteiger partial charge is 0.466 e. The van der Waals surface area contributed by atoms with Crippen LogP contribution in [0.15, 0.2) is 52.1 Å². The van der Waals surface area contributed by atoms with Gasteiger partial charge in [0.1, 0.15) is 4.21 Å². The predicted molar refractivity (Wildman–Crippen MR) is 115 cm³/mol. The molecule has 0 aliphatic rings. The summed E-state index contributed by atoms with van der Waals surface area (Å²) in [7, 11) is -3.82. The van der Waals surface area contributed by atoms with E-state index in [2.05, 4.69) is 15.0 Å². The number of benzene rings is 1. The molecule has 11 heteroatoms. The molecule has 3 aromatic rings. The number of rotatable bonds is 9. The zero-order chi connectivity index (χ0) is 21.6. The van der Waals surface area contributed by atoms with Gasteiger partial charge in [-0.15, -0.1) is 22.7 Å². The van der Waals surface area contributed by atoms with Gasteiger partial charge in [-0.25, -0.2) is 13.4 Å². The molecule has 1 amide bonds. The van der Waals surface area contributed by atoms with Crippen molar-refractivity contribution in [3.63, 3.8) is 0 Å². The molecule has 0 radical (unpaired) electrons. The second-order valence-electron chi connectivity index (χ2n) is 6.00. The van der Waals surface area contributed by atoms with Crippen molar-refractivity contribution >= 4 is 49.7 Å². The SMILES string of the molecule is CCOC(=O)Cc1csc(NS(=O)(=O)c2ccc(CNC(=O)c3ccccc3)s2)n1. The molecule has 0 aliphatic heterocycles. The van der Waals surface area contributed by atoms with E-state index in [0.29, 0.717) is 16.1 Å². The van der Waals surface area contributed by atoms with Gasteiger partial charge >= 0.3 is 5.97 Å². The van der Waals surface area contributed by atoms with E-state index >= 15 is 0 Å². The van der Waals surface area contributed by atoms with Gasteiger partial charge in [-0.2, -0.15) is 0 Å². The lowest BCUT2D eigenvalue weighted by Crippen LogP contribution is -2.22. The molecule has 2 aromatic heterocycles. The summed E-state index contributed by atoms with van der Waals surface area (Å²) in [6.07, 6.45) is -0.0175. The third-order valence-electron chi connectivity index (χ3n) is 3.77. The van der Waals surface area contributed by atoms with Gasteiger partial charge in [-0.3, -0.25) is 14.3 Å². The molecule has 0 fully saturated rings. The monoisotopic (exact) mass is 465 g/mol. The first kappa shape index (κ1) is 21.9. The lowest BCUT2D eigenvalue weighted by atomic mass is 10.2. The summed E-state index contributed by atoms with van der Waals surface area (Å²) in [5, 5.41) is 4.54. The molecule has 0 spiro atoms. The summed E-state index contributed by atoms with van der Waals surface area (Å²) in [6, 6.07) is 11.9. The maximum atomic E-state index is 12.6. The minimum Gasteiger partial charge on any atom is -0.466 e. The van der Waals surface area contributed by atoms with Gasteiger partial charge < -0.3 is 10.1 Å². The number of hydrogen-bond donors (Lipinski definition) is 2. The van der Waals surface area contributed by atoms with Crippen LogP contribution in [0.4, 0.5) is 5.13 Å². The van der Waals surface area contributed by atoms with E-state index in [1.165, 1.54) is 6.07 Å². The van der Waals surface area contributed by atoms with Crippen molar-refractivity contribution in [3.8, 4) is 0 Å². The predicted octanol–water partition coefficient (Wildman–Crippen LogP) is 3.04. The van der Waals surface area contributed by atoms with Gasteiger partial charge in [0, 0.05) is 15.8 Å². The van der Waals surface area contributed by atoms with Crippen LogP contribution in [0.2, 0.25) is 0 Å². The fourth-order valence-corrected chi connectivity index (χ4v) is 5.68. The van der Waals surface area contributed by atoms with Crippen LogP contribution >= 0.6 is 22.7 Å². The Bertz CT molecular complexity index is 1120. The number of carbonyl (C=O) groups excluding carboxylic acids is 2. The Morgan fingerprint density at radius 1 is 1.13 bits per heavy atom. The van der Waals surface area contributed by atoms with Crippen LogP contribution in [0.3, 0.4) is 0 Å². The average Bonchev–Trinajstić information content (AvgIpc) is 3.36. The van der Waals surface area contributed by atoms with Gasteiger partial charge in [0.25, 0.3) is 15.9 Å². The standard InChI is InChI=1S/C19H19N3O5S3/c1-2-27-16(23)10-14-12-28-19(21-14)22-30(25,26)17-9-8-15(29-17)11-20-18(24)13-6-4-3-5-7-13/h3-9,12H,2,10-11H2,1H3,(H,20,24)(H,21,22). The Hall–Kier alpha value is -2.76. The third-order valence-corrected chi connectivity index (χ3v) is 7.62. The Labute approximate surface area is 182 Å². The van der Waals surface area contributed by atoms with E-state index in [1.54, 1.807) is 42.6 Å². The van der Waals surface area contributed by atoms with Crippen LogP contribution < -0.4 is 10.0 Å². The van der Waals surface area contributed by atoms with Crippen LogP contribution in [-0.4, -0.2) is 31.9 Å². The van der Waals surface area contributed by atoms with Crippen molar-refractivity contribution in [2.24, 2.45) is 0 Å². The summed E-state index contributed by atoms with van der Waals surface area (Å²) >= 11 is 2.15. The topological polar surface area (TPSA) is 114 Å². The fraction of sp³-hybridized carbons (Fsp3) is 0.211. The number of aromatic nitrogens is 1. The number of anilines is 1. The van der Waals surface area contributed by atoms with E-state index < -0.39 is 16.0 Å². The minimum absolute atomic E-state index is 0.0175. The molecular formula is C19H19N3O5S3. The van der Waals surface area contributed by atoms with Crippen LogP contribution in [0, 0.1) is 0 Å². The van der Waals surface area contributed by atoms with Gasteiger partial charge in [-0.05, 0) is 31.2 Å². The van der Waals surface area contributed by atoms with Gasteiger partial charge in [-0.1, -0.05) is 18.2 Å². The molecule has 30 heavy (non-hydrogen) atoms. The quantitative estimate of drug-likeness (QED) is 0.470. The first-order chi connectivity index (χ1) is 14.4. The second-order valence-corrected chi connectivity index (χ2v) is 9.94. The molecule has 3 rings (SSSR count). The van der Waals surface area contributed by atoms with Crippen molar-refractivity contribution in [2.45, 2.75) is 24.1 Å². The third kappa shape index (κ3) is 5.88. The van der Waals surface area contributed by atoms with E-state index in [0.717, 1.165) is 22.7 Å². The highest BCUT2D eigenvalue weighted by Crippen LogP contribution is 2.26. The van der Waals surface area contributed by atoms with Crippen molar-refractivity contribution < 1.29 is 22.7 Å². The number of amides is 1. The van der Waals surface area contributed by atoms with E-state index in [9.17, 15) is 18.0 Å². The Morgan fingerprint density at radius 2 is 1.90 bits per heavy atom. The molecule has 1 aromatic carbocycles. The number of esters is 1. The zero-order valence-electron chi connectivity index (χ0n) is 16.0.